The van der Waals surface area contributed by atoms with E-state index in [0.29, 0.717) is 23.6 Å². The minimum Gasteiger partial charge on any atom is -0.497 e. The second kappa shape index (κ2) is 5.76. The van der Waals surface area contributed by atoms with Gasteiger partial charge in [0.25, 0.3) is 5.91 Å². The molecule has 3 rings (SSSR count). The van der Waals surface area contributed by atoms with E-state index in [2.05, 4.69) is 12.2 Å². The van der Waals surface area contributed by atoms with Crippen molar-refractivity contribution in [3.63, 3.8) is 0 Å². The maximum absolute atomic E-state index is 12.7. The average molecular weight is 318 g/mol. The third kappa shape index (κ3) is 2.73. The quantitative estimate of drug-likeness (QED) is 0.818. The van der Waals surface area contributed by atoms with E-state index in [0.717, 1.165) is 19.3 Å². The number of urea groups is 1. The molecule has 2 fully saturated rings. The first-order valence-electron chi connectivity index (χ1n) is 7.87. The number of ether oxygens (including phenoxy) is 2. The minimum absolute atomic E-state index is 0.131. The fraction of sp³-hybridized carbons (Fsp3) is 0.529. The summed E-state index contributed by atoms with van der Waals surface area (Å²) in [5, 5.41) is 2.77. The van der Waals surface area contributed by atoms with E-state index >= 15 is 0 Å². The van der Waals surface area contributed by atoms with Crippen LogP contribution in [-0.2, 0) is 4.79 Å². The second-order valence-corrected chi connectivity index (χ2v) is 6.27. The highest BCUT2D eigenvalue weighted by molar-refractivity contribution is 6.05. The first kappa shape index (κ1) is 15.6. The van der Waals surface area contributed by atoms with Crippen LogP contribution in [0.1, 0.15) is 37.8 Å². The van der Waals surface area contributed by atoms with Crippen molar-refractivity contribution in [2.45, 2.75) is 32.2 Å². The SMILES string of the molecule is CCC1(CN2C(=O)N[C@H](c3ccc(OC)cc3OC)C2=O)CC1. The summed E-state index contributed by atoms with van der Waals surface area (Å²) >= 11 is 0. The fourth-order valence-corrected chi connectivity index (χ4v) is 3.07. The highest BCUT2D eigenvalue weighted by Gasteiger charge is 2.48. The Labute approximate surface area is 135 Å². The van der Waals surface area contributed by atoms with Gasteiger partial charge < -0.3 is 14.8 Å². The van der Waals surface area contributed by atoms with Gasteiger partial charge in [0.15, 0.2) is 0 Å². The number of amides is 3. The Balaban J connectivity index is 1.84. The number of imide groups is 1. The molecule has 0 radical (unpaired) electrons. The summed E-state index contributed by atoms with van der Waals surface area (Å²) in [6.07, 6.45) is 3.15. The molecule has 0 spiro atoms. The van der Waals surface area contributed by atoms with Crippen molar-refractivity contribution in [2.75, 3.05) is 20.8 Å². The third-order valence-electron chi connectivity index (χ3n) is 4.98. The van der Waals surface area contributed by atoms with Crippen LogP contribution in [0.5, 0.6) is 11.5 Å². The van der Waals surface area contributed by atoms with Crippen LogP contribution in [0.3, 0.4) is 0 Å². The van der Waals surface area contributed by atoms with Crippen molar-refractivity contribution >= 4 is 11.9 Å². The third-order valence-corrected chi connectivity index (χ3v) is 4.98. The monoisotopic (exact) mass is 318 g/mol. The van der Waals surface area contributed by atoms with Gasteiger partial charge in [-0.1, -0.05) is 6.92 Å². The molecule has 0 aromatic heterocycles. The summed E-state index contributed by atoms with van der Waals surface area (Å²) in [6, 6.07) is 4.21. The number of hydrogen-bond donors (Lipinski definition) is 1. The van der Waals surface area contributed by atoms with E-state index in [9.17, 15) is 9.59 Å². The van der Waals surface area contributed by atoms with Crippen molar-refractivity contribution < 1.29 is 19.1 Å². The molecule has 1 aromatic rings. The number of carbonyl (C=O) groups is 2. The molecule has 1 aliphatic heterocycles. The minimum atomic E-state index is -0.698. The van der Waals surface area contributed by atoms with E-state index < -0.39 is 6.04 Å². The molecule has 1 saturated carbocycles. The zero-order chi connectivity index (χ0) is 16.6. The van der Waals surface area contributed by atoms with Crippen LogP contribution >= 0.6 is 0 Å². The van der Waals surface area contributed by atoms with Gasteiger partial charge in [0.05, 0.1) is 14.2 Å². The zero-order valence-corrected chi connectivity index (χ0v) is 13.7. The lowest BCUT2D eigenvalue weighted by atomic mass is 10.0. The molecule has 3 amide bonds. The molecule has 23 heavy (non-hydrogen) atoms. The van der Waals surface area contributed by atoms with Gasteiger partial charge in [0.2, 0.25) is 0 Å². The highest BCUT2D eigenvalue weighted by atomic mass is 16.5. The standard InChI is InChI=1S/C17H22N2O4/c1-4-17(7-8-17)10-19-15(20)14(18-16(19)21)12-6-5-11(22-2)9-13(12)23-3/h5-6,9,14H,4,7-8,10H2,1-3H3,(H,18,21)/t14-/m1/s1. The number of hydrogen-bond acceptors (Lipinski definition) is 4. The van der Waals surface area contributed by atoms with Crippen molar-refractivity contribution in [3.05, 3.63) is 23.8 Å². The van der Waals surface area contributed by atoms with Gasteiger partial charge in [-0.3, -0.25) is 9.69 Å². The maximum atomic E-state index is 12.7. The van der Waals surface area contributed by atoms with Crippen molar-refractivity contribution in [2.24, 2.45) is 5.41 Å². The molecular formula is C17H22N2O4. The van der Waals surface area contributed by atoms with Gasteiger partial charge in [-0.2, -0.15) is 0 Å². The van der Waals surface area contributed by atoms with E-state index in [4.69, 9.17) is 9.47 Å². The van der Waals surface area contributed by atoms with Crippen LogP contribution in [0.2, 0.25) is 0 Å². The molecular weight excluding hydrogens is 296 g/mol. The lowest BCUT2D eigenvalue weighted by molar-refractivity contribution is -0.128. The van der Waals surface area contributed by atoms with Gasteiger partial charge in [-0.25, -0.2) is 4.79 Å². The molecule has 1 heterocycles. The fourth-order valence-electron chi connectivity index (χ4n) is 3.07. The van der Waals surface area contributed by atoms with Crippen LogP contribution in [0.4, 0.5) is 4.79 Å². The number of rotatable bonds is 6. The van der Waals surface area contributed by atoms with Crippen LogP contribution in [0.25, 0.3) is 0 Å². The van der Waals surface area contributed by atoms with Crippen LogP contribution in [0, 0.1) is 5.41 Å². The zero-order valence-electron chi connectivity index (χ0n) is 13.7. The van der Waals surface area contributed by atoms with Gasteiger partial charge in [0, 0.05) is 18.2 Å². The molecule has 0 unspecified atom stereocenters. The number of nitrogens with zero attached hydrogens (tertiary/aromatic N) is 1. The van der Waals surface area contributed by atoms with Crippen molar-refractivity contribution in [1.29, 1.82) is 0 Å². The summed E-state index contributed by atoms with van der Waals surface area (Å²) in [7, 11) is 3.10. The predicted octanol–water partition coefficient (Wildman–Crippen LogP) is 2.49. The smallest absolute Gasteiger partial charge is 0.325 e. The topological polar surface area (TPSA) is 67.9 Å². The van der Waals surface area contributed by atoms with E-state index in [1.807, 2.05) is 0 Å². The molecule has 124 valence electrons. The predicted molar refractivity (Wildman–Crippen MR) is 84.5 cm³/mol. The van der Waals surface area contributed by atoms with Gasteiger partial charge >= 0.3 is 6.03 Å². The summed E-state index contributed by atoms with van der Waals surface area (Å²) in [4.78, 5) is 26.3. The van der Waals surface area contributed by atoms with E-state index in [1.54, 1.807) is 25.3 Å². The van der Waals surface area contributed by atoms with Gasteiger partial charge in [-0.05, 0) is 36.8 Å². The van der Waals surface area contributed by atoms with Gasteiger partial charge in [0.1, 0.15) is 17.5 Å². The summed E-state index contributed by atoms with van der Waals surface area (Å²) < 4.78 is 10.5. The number of benzene rings is 1. The Bertz CT molecular complexity index is 639. The second-order valence-electron chi connectivity index (χ2n) is 6.27. The first-order valence-corrected chi connectivity index (χ1v) is 7.87. The first-order chi connectivity index (χ1) is 11.0. The van der Waals surface area contributed by atoms with E-state index in [-0.39, 0.29) is 17.4 Å². The molecule has 6 nitrogen and oxygen atoms in total. The molecule has 6 heteroatoms. The Hall–Kier alpha value is -2.24. The maximum Gasteiger partial charge on any atom is 0.325 e. The molecule has 2 aliphatic rings. The van der Waals surface area contributed by atoms with Gasteiger partial charge in [-0.15, -0.1) is 0 Å². The molecule has 1 atom stereocenters. The van der Waals surface area contributed by atoms with Crippen molar-refractivity contribution in [1.82, 2.24) is 10.2 Å². The normalized spacial score (nSPS) is 22.0. The highest BCUT2D eigenvalue weighted by Crippen LogP contribution is 2.49. The molecule has 1 aromatic carbocycles. The number of carbonyl (C=O) groups excluding carboxylic acids is 2. The van der Waals surface area contributed by atoms with E-state index in [1.165, 1.54) is 12.0 Å². The van der Waals surface area contributed by atoms with Crippen LogP contribution < -0.4 is 14.8 Å². The Kier molecular flexibility index (Phi) is 3.92. The van der Waals surface area contributed by atoms with Crippen LogP contribution in [0.15, 0.2) is 18.2 Å². The summed E-state index contributed by atoms with van der Waals surface area (Å²) in [6.45, 7) is 2.61. The number of methoxy groups -OCH3 is 2. The lowest BCUT2D eigenvalue weighted by Gasteiger charge is -2.20. The average Bonchev–Trinajstić information content (AvgIpc) is 3.31. The molecule has 1 aliphatic carbocycles. The Morgan fingerprint density at radius 3 is 2.57 bits per heavy atom. The number of nitrogens with one attached hydrogen (secondary N) is 1. The lowest BCUT2D eigenvalue weighted by Crippen LogP contribution is -2.36. The molecule has 1 saturated heterocycles. The summed E-state index contributed by atoms with van der Waals surface area (Å²) in [5.74, 6) is 0.960. The Morgan fingerprint density at radius 1 is 1.26 bits per heavy atom. The van der Waals surface area contributed by atoms with Crippen LogP contribution in [-0.4, -0.2) is 37.6 Å². The molecule has 1 N–H and O–H groups in total. The molecule has 0 bridgehead atoms. The Morgan fingerprint density at radius 2 is 2.00 bits per heavy atom. The van der Waals surface area contributed by atoms with Crippen molar-refractivity contribution in [3.8, 4) is 11.5 Å². The summed E-state index contributed by atoms with van der Waals surface area (Å²) in [5.41, 5.74) is 0.779. The largest absolute Gasteiger partial charge is 0.497 e.